The maximum Gasteiger partial charge on any atom is 0.0631 e. The topological polar surface area (TPSA) is 29.5 Å². The molecule has 7 atom stereocenters. The highest BCUT2D eigenvalue weighted by Crippen LogP contribution is 2.64. The van der Waals surface area contributed by atoms with Gasteiger partial charge in [-0.25, -0.2) is 0 Å². The molecule has 2 heteroatoms. The maximum atomic E-state index is 10.4. The highest BCUT2D eigenvalue weighted by molar-refractivity contribution is 5.09. The summed E-state index contributed by atoms with van der Waals surface area (Å²) in [6, 6.07) is 0. The van der Waals surface area contributed by atoms with E-state index in [4.69, 9.17) is 4.74 Å². The van der Waals surface area contributed by atoms with Gasteiger partial charge in [-0.05, 0) is 80.0 Å². The van der Waals surface area contributed by atoms with Gasteiger partial charge in [0.1, 0.15) is 0 Å². The van der Waals surface area contributed by atoms with E-state index in [1.807, 2.05) is 0 Å². The van der Waals surface area contributed by atoms with Gasteiger partial charge >= 0.3 is 0 Å². The normalized spacial score (nSPS) is 58.6. The molecule has 4 aliphatic rings. The molecule has 0 bridgehead atoms. The van der Waals surface area contributed by atoms with Crippen molar-refractivity contribution in [1.82, 2.24) is 0 Å². The third-order valence-electron chi connectivity index (χ3n) is 7.91. The molecular weight excluding hydrogens is 248 g/mol. The van der Waals surface area contributed by atoms with Crippen molar-refractivity contribution in [3.8, 4) is 0 Å². The molecule has 4 fully saturated rings. The number of aliphatic hydroxyl groups is 1. The van der Waals surface area contributed by atoms with Gasteiger partial charge in [0.25, 0.3) is 0 Å². The van der Waals surface area contributed by atoms with E-state index < -0.39 is 0 Å². The lowest BCUT2D eigenvalue weighted by molar-refractivity contribution is -0.177. The molecule has 0 unspecified atom stereocenters. The first-order chi connectivity index (χ1) is 9.56. The second kappa shape index (κ2) is 4.46. The van der Waals surface area contributed by atoms with Gasteiger partial charge in [0, 0.05) is 6.61 Å². The highest BCUT2D eigenvalue weighted by atomic mass is 16.5. The van der Waals surface area contributed by atoms with E-state index in [0.29, 0.717) is 11.5 Å². The van der Waals surface area contributed by atoms with Crippen LogP contribution in [0.25, 0.3) is 0 Å². The lowest BCUT2D eigenvalue weighted by Crippen LogP contribution is -2.56. The van der Waals surface area contributed by atoms with E-state index in [1.54, 1.807) is 0 Å². The van der Waals surface area contributed by atoms with Crippen LogP contribution < -0.4 is 0 Å². The minimum absolute atomic E-state index is 0.0402. The quantitative estimate of drug-likeness (QED) is 0.731. The van der Waals surface area contributed by atoms with Crippen molar-refractivity contribution in [2.45, 2.75) is 77.4 Å². The van der Waals surface area contributed by atoms with E-state index >= 15 is 0 Å². The summed E-state index contributed by atoms with van der Waals surface area (Å²) in [5.74, 6) is 2.48. The van der Waals surface area contributed by atoms with Crippen LogP contribution in [0.15, 0.2) is 0 Å². The van der Waals surface area contributed by atoms with Crippen molar-refractivity contribution in [2.24, 2.45) is 28.6 Å². The molecule has 2 nitrogen and oxygen atoms in total. The molecule has 1 saturated heterocycles. The molecule has 0 aromatic carbocycles. The molecule has 4 rings (SSSR count). The monoisotopic (exact) mass is 278 g/mol. The molecule has 114 valence electrons. The number of aliphatic hydroxyl groups excluding tert-OH is 1. The zero-order chi connectivity index (χ0) is 14.0. The molecule has 3 saturated carbocycles. The fraction of sp³-hybridized carbons (Fsp3) is 1.00. The average molecular weight is 278 g/mol. The lowest BCUT2D eigenvalue weighted by atomic mass is 9.48. The molecule has 1 heterocycles. The van der Waals surface area contributed by atoms with Crippen LogP contribution in [0, 0.1) is 28.6 Å². The fourth-order valence-corrected chi connectivity index (χ4v) is 6.69. The standard InChI is InChI=1S/C18H30O2/c1-17-10-8-14-12(13(17)5-6-15(17)19)4-7-16-18(14,2)9-3-11-20-16/h12-16,19H,3-11H2,1-2H3/t12-,13-,14-,15-,16+,17-,18+/m0/s1. The van der Waals surface area contributed by atoms with Crippen LogP contribution >= 0.6 is 0 Å². The molecule has 20 heavy (non-hydrogen) atoms. The summed E-state index contributed by atoms with van der Waals surface area (Å²) in [5.41, 5.74) is 0.649. The Morgan fingerprint density at radius 1 is 0.900 bits per heavy atom. The van der Waals surface area contributed by atoms with Gasteiger partial charge < -0.3 is 9.84 Å². The van der Waals surface area contributed by atoms with Crippen LogP contribution in [0.4, 0.5) is 0 Å². The van der Waals surface area contributed by atoms with Crippen LogP contribution in [0.1, 0.15) is 65.2 Å². The number of rotatable bonds is 0. The molecule has 0 radical (unpaired) electrons. The summed E-state index contributed by atoms with van der Waals surface area (Å²) >= 11 is 0. The average Bonchev–Trinajstić information content (AvgIpc) is 2.74. The Morgan fingerprint density at radius 2 is 1.70 bits per heavy atom. The van der Waals surface area contributed by atoms with E-state index in [2.05, 4.69) is 13.8 Å². The van der Waals surface area contributed by atoms with Gasteiger partial charge in [-0.3, -0.25) is 0 Å². The Kier molecular flexibility index (Phi) is 3.03. The van der Waals surface area contributed by atoms with Crippen LogP contribution in [0.5, 0.6) is 0 Å². The molecule has 0 aromatic rings. The molecule has 0 aromatic heterocycles. The SMILES string of the molecule is C[C@]12CCCO[C@@H]1CC[C@@H]1[C@@H]2CC[C@]2(C)[C@@H](O)CC[C@@H]12. The third kappa shape index (κ3) is 1.64. The predicted molar refractivity (Wildman–Crippen MR) is 79.4 cm³/mol. The van der Waals surface area contributed by atoms with Crippen molar-refractivity contribution >= 4 is 0 Å². The first kappa shape index (κ1) is 13.6. The zero-order valence-electron chi connectivity index (χ0n) is 13.1. The number of hydrogen-bond donors (Lipinski definition) is 1. The smallest absolute Gasteiger partial charge is 0.0631 e. The van der Waals surface area contributed by atoms with E-state index in [9.17, 15) is 5.11 Å². The number of ether oxygens (including phenoxy) is 1. The fourth-order valence-electron chi connectivity index (χ4n) is 6.69. The highest BCUT2D eigenvalue weighted by Gasteiger charge is 2.59. The van der Waals surface area contributed by atoms with E-state index in [1.165, 1.54) is 44.9 Å². The summed E-state index contributed by atoms with van der Waals surface area (Å²) < 4.78 is 6.14. The van der Waals surface area contributed by atoms with Crippen LogP contribution in [-0.4, -0.2) is 23.9 Å². The summed E-state index contributed by atoms with van der Waals surface area (Å²) in [6.07, 6.45) is 10.6. The molecule has 1 aliphatic heterocycles. The maximum absolute atomic E-state index is 10.4. The largest absolute Gasteiger partial charge is 0.393 e. The summed E-state index contributed by atoms with van der Waals surface area (Å²) in [6.45, 7) is 5.87. The van der Waals surface area contributed by atoms with E-state index in [-0.39, 0.29) is 11.5 Å². The number of hydrogen-bond acceptors (Lipinski definition) is 2. The summed E-state index contributed by atoms with van der Waals surface area (Å²) in [4.78, 5) is 0. The van der Waals surface area contributed by atoms with Crippen LogP contribution in [-0.2, 0) is 4.74 Å². The van der Waals surface area contributed by atoms with Crippen molar-refractivity contribution in [3.05, 3.63) is 0 Å². The molecule has 1 N–H and O–H groups in total. The molecular formula is C18H30O2. The first-order valence-corrected chi connectivity index (χ1v) is 8.85. The minimum Gasteiger partial charge on any atom is -0.393 e. The second-order valence-electron chi connectivity index (χ2n) is 8.56. The third-order valence-corrected chi connectivity index (χ3v) is 7.91. The summed E-state index contributed by atoms with van der Waals surface area (Å²) in [5, 5.41) is 10.4. The number of fused-ring (bicyclic) bond motifs is 5. The lowest BCUT2D eigenvalue weighted by Gasteiger charge is -2.59. The molecule has 0 amide bonds. The van der Waals surface area contributed by atoms with Gasteiger partial charge in [-0.1, -0.05) is 13.8 Å². The van der Waals surface area contributed by atoms with Crippen molar-refractivity contribution in [1.29, 1.82) is 0 Å². The predicted octanol–water partition coefficient (Wildman–Crippen LogP) is 3.77. The van der Waals surface area contributed by atoms with Gasteiger partial charge in [0.15, 0.2) is 0 Å². The first-order valence-electron chi connectivity index (χ1n) is 8.85. The van der Waals surface area contributed by atoms with Crippen LogP contribution in [0.3, 0.4) is 0 Å². The molecule has 3 aliphatic carbocycles. The van der Waals surface area contributed by atoms with Crippen LogP contribution in [0.2, 0.25) is 0 Å². The molecule has 0 spiro atoms. The Morgan fingerprint density at radius 3 is 2.55 bits per heavy atom. The van der Waals surface area contributed by atoms with Crippen molar-refractivity contribution in [3.63, 3.8) is 0 Å². The second-order valence-corrected chi connectivity index (χ2v) is 8.56. The van der Waals surface area contributed by atoms with Gasteiger partial charge in [0.2, 0.25) is 0 Å². The van der Waals surface area contributed by atoms with Gasteiger partial charge in [0.05, 0.1) is 12.2 Å². The summed E-state index contributed by atoms with van der Waals surface area (Å²) in [7, 11) is 0. The van der Waals surface area contributed by atoms with Gasteiger partial charge in [-0.2, -0.15) is 0 Å². The Hall–Kier alpha value is -0.0800. The van der Waals surface area contributed by atoms with Crippen molar-refractivity contribution < 1.29 is 9.84 Å². The Bertz CT molecular complexity index is 395. The van der Waals surface area contributed by atoms with Gasteiger partial charge in [-0.15, -0.1) is 0 Å². The Labute approximate surface area is 123 Å². The van der Waals surface area contributed by atoms with Crippen molar-refractivity contribution in [2.75, 3.05) is 6.61 Å². The zero-order valence-corrected chi connectivity index (χ0v) is 13.1. The van der Waals surface area contributed by atoms with E-state index in [0.717, 1.165) is 30.8 Å². The Balaban J connectivity index is 1.64. The minimum atomic E-state index is -0.0402.